The summed E-state index contributed by atoms with van der Waals surface area (Å²) in [5.41, 5.74) is 3.16. The number of methoxy groups -OCH3 is 1. The molecule has 0 aliphatic carbocycles. The van der Waals surface area contributed by atoms with E-state index in [9.17, 15) is 9.59 Å². The van der Waals surface area contributed by atoms with Crippen molar-refractivity contribution in [1.29, 1.82) is 0 Å². The molecule has 1 aliphatic heterocycles. The molecule has 0 unspecified atom stereocenters. The molecule has 168 valence electrons. The molecular weight excluding hydrogens is 492 g/mol. The van der Waals surface area contributed by atoms with E-state index in [1.54, 1.807) is 19.2 Å². The van der Waals surface area contributed by atoms with Gasteiger partial charge in [0.25, 0.3) is 11.8 Å². The van der Waals surface area contributed by atoms with Crippen LogP contribution in [0.5, 0.6) is 11.5 Å². The molecular formula is C24H25BrN2O4S. The van der Waals surface area contributed by atoms with Crippen LogP contribution in [0.15, 0.2) is 40.4 Å². The number of amides is 2. The summed E-state index contributed by atoms with van der Waals surface area (Å²) in [6.45, 7) is 7.87. The first-order valence-corrected chi connectivity index (χ1v) is 11.4. The molecule has 8 heteroatoms. The lowest BCUT2D eigenvalue weighted by Gasteiger charge is -2.30. The standard InChI is InChI=1S/C24H25BrN2O4S/c1-6-14(3)31-21-18(25)11-16(12-20(21)30-5)10-17-22(28)26-24(32)27(23(17)29)19-9-7-8-13(2)15(19)4/h7-12,14H,6H2,1-5H3,(H,26,28,32)/b17-10+/t14-/m1/s1. The zero-order valence-corrected chi connectivity index (χ0v) is 21.0. The minimum Gasteiger partial charge on any atom is -0.493 e. The van der Waals surface area contributed by atoms with Gasteiger partial charge in [0.15, 0.2) is 16.6 Å². The SMILES string of the molecule is CC[C@@H](C)Oc1c(Br)cc(/C=C2\C(=O)NC(=S)N(c3cccc(C)c3C)C2=O)cc1OC. The molecule has 1 saturated heterocycles. The van der Waals surface area contributed by atoms with Crippen LogP contribution in [0.1, 0.15) is 37.0 Å². The van der Waals surface area contributed by atoms with Gasteiger partial charge in [0.05, 0.1) is 23.4 Å². The van der Waals surface area contributed by atoms with Crippen molar-refractivity contribution in [2.75, 3.05) is 12.0 Å². The van der Waals surface area contributed by atoms with E-state index in [1.165, 1.54) is 11.0 Å². The van der Waals surface area contributed by atoms with Crippen LogP contribution in [0.2, 0.25) is 0 Å². The van der Waals surface area contributed by atoms with E-state index in [0.717, 1.165) is 17.5 Å². The Balaban J connectivity index is 2.04. The molecule has 1 atom stereocenters. The fourth-order valence-corrected chi connectivity index (χ4v) is 4.07. The lowest BCUT2D eigenvalue weighted by atomic mass is 10.0. The monoisotopic (exact) mass is 516 g/mol. The number of thiocarbonyl (C=S) groups is 1. The first kappa shape index (κ1) is 23.9. The van der Waals surface area contributed by atoms with E-state index in [0.29, 0.717) is 27.2 Å². The molecule has 0 radical (unpaired) electrons. The molecule has 2 amide bonds. The molecule has 1 heterocycles. The fraction of sp³-hybridized carbons (Fsp3) is 0.292. The quantitative estimate of drug-likeness (QED) is 0.329. The van der Waals surface area contributed by atoms with E-state index in [4.69, 9.17) is 21.7 Å². The lowest BCUT2D eigenvalue weighted by molar-refractivity contribution is -0.122. The average molecular weight is 517 g/mol. The van der Waals surface area contributed by atoms with Crippen molar-refractivity contribution in [3.63, 3.8) is 0 Å². The van der Waals surface area contributed by atoms with Crippen molar-refractivity contribution >= 4 is 56.8 Å². The molecule has 32 heavy (non-hydrogen) atoms. The molecule has 0 spiro atoms. The number of benzene rings is 2. The molecule has 2 aromatic carbocycles. The second kappa shape index (κ2) is 9.83. The highest BCUT2D eigenvalue weighted by Crippen LogP contribution is 2.38. The maximum absolute atomic E-state index is 13.3. The van der Waals surface area contributed by atoms with E-state index in [-0.39, 0.29) is 16.8 Å². The number of halogens is 1. The number of ether oxygens (including phenoxy) is 2. The van der Waals surface area contributed by atoms with Crippen LogP contribution in [0.3, 0.4) is 0 Å². The Labute approximate surface area is 201 Å². The van der Waals surface area contributed by atoms with Crippen LogP contribution in [0.25, 0.3) is 6.08 Å². The molecule has 1 N–H and O–H groups in total. The summed E-state index contributed by atoms with van der Waals surface area (Å²) >= 11 is 8.83. The number of hydrogen-bond donors (Lipinski definition) is 1. The van der Waals surface area contributed by atoms with E-state index in [2.05, 4.69) is 21.2 Å². The number of rotatable bonds is 6. The maximum Gasteiger partial charge on any atom is 0.270 e. The third-order valence-electron chi connectivity index (χ3n) is 5.38. The minimum absolute atomic E-state index is 0.00208. The molecule has 3 rings (SSSR count). The topological polar surface area (TPSA) is 67.9 Å². The second-order valence-corrected chi connectivity index (χ2v) is 8.79. The third kappa shape index (κ3) is 4.71. The Morgan fingerprint density at radius 2 is 1.97 bits per heavy atom. The number of aryl methyl sites for hydroxylation is 1. The zero-order chi connectivity index (χ0) is 23.6. The summed E-state index contributed by atoms with van der Waals surface area (Å²) in [6.07, 6.45) is 2.37. The van der Waals surface area contributed by atoms with E-state index in [1.807, 2.05) is 45.9 Å². The van der Waals surface area contributed by atoms with Gasteiger partial charge in [-0.1, -0.05) is 19.1 Å². The van der Waals surface area contributed by atoms with Crippen LogP contribution >= 0.6 is 28.1 Å². The number of anilines is 1. The van der Waals surface area contributed by atoms with Crippen molar-refractivity contribution in [3.05, 3.63) is 57.1 Å². The van der Waals surface area contributed by atoms with Crippen LogP contribution in [0, 0.1) is 13.8 Å². The largest absolute Gasteiger partial charge is 0.493 e. The highest BCUT2D eigenvalue weighted by molar-refractivity contribution is 9.10. The van der Waals surface area contributed by atoms with E-state index >= 15 is 0 Å². The molecule has 0 aromatic heterocycles. The van der Waals surface area contributed by atoms with Crippen LogP contribution in [-0.4, -0.2) is 30.1 Å². The Morgan fingerprint density at radius 1 is 1.25 bits per heavy atom. The molecule has 1 aliphatic rings. The summed E-state index contributed by atoms with van der Waals surface area (Å²) in [4.78, 5) is 27.4. The van der Waals surface area contributed by atoms with Crippen LogP contribution in [-0.2, 0) is 9.59 Å². The Hall–Kier alpha value is -2.71. The van der Waals surface area contributed by atoms with Crippen molar-refractivity contribution < 1.29 is 19.1 Å². The van der Waals surface area contributed by atoms with Gasteiger partial charge in [0.2, 0.25) is 0 Å². The molecule has 6 nitrogen and oxygen atoms in total. The second-order valence-electron chi connectivity index (χ2n) is 7.55. The summed E-state index contributed by atoms with van der Waals surface area (Å²) in [7, 11) is 1.54. The van der Waals surface area contributed by atoms with Gasteiger partial charge < -0.3 is 9.47 Å². The first-order chi connectivity index (χ1) is 15.2. The maximum atomic E-state index is 13.3. The van der Waals surface area contributed by atoms with Gasteiger partial charge in [-0.15, -0.1) is 0 Å². The molecule has 0 saturated carbocycles. The van der Waals surface area contributed by atoms with Crippen LogP contribution in [0.4, 0.5) is 5.69 Å². The Morgan fingerprint density at radius 3 is 2.62 bits per heavy atom. The number of nitrogens with zero attached hydrogens (tertiary/aromatic N) is 1. The first-order valence-electron chi connectivity index (χ1n) is 10.2. The third-order valence-corrected chi connectivity index (χ3v) is 6.25. The Bertz CT molecular complexity index is 1130. The van der Waals surface area contributed by atoms with Gasteiger partial charge in [-0.3, -0.25) is 19.8 Å². The van der Waals surface area contributed by atoms with Crippen molar-refractivity contribution in [2.24, 2.45) is 0 Å². The van der Waals surface area contributed by atoms with E-state index < -0.39 is 11.8 Å². The lowest BCUT2D eigenvalue weighted by Crippen LogP contribution is -2.54. The minimum atomic E-state index is -0.545. The Kier molecular flexibility index (Phi) is 7.36. The number of nitrogens with one attached hydrogen (secondary N) is 1. The number of carbonyl (C=O) groups excluding carboxylic acids is 2. The van der Waals surface area contributed by atoms with Crippen molar-refractivity contribution in [2.45, 2.75) is 40.2 Å². The van der Waals surface area contributed by atoms with Crippen LogP contribution < -0.4 is 19.7 Å². The normalized spacial score (nSPS) is 16.2. The molecule has 2 aromatic rings. The van der Waals surface area contributed by atoms with Gasteiger partial charge in [0, 0.05) is 0 Å². The molecule has 1 fully saturated rings. The van der Waals surface area contributed by atoms with Gasteiger partial charge in [-0.2, -0.15) is 0 Å². The molecule has 0 bridgehead atoms. The highest BCUT2D eigenvalue weighted by atomic mass is 79.9. The fourth-order valence-electron chi connectivity index (χ4n) is 3.24. The van der Waals surface area contributed by atoms with Gasteiger partial charge in [-0.25, -0.2) is 0 Å². The van der Waals surface area contributed by atoms with Gasteiger partial charge >= 0.3 is 0 Å². The number of hydrogen-bond acceptors (Lipinski definition) is 5. The summed E-state index contributed by atoms with van der Waals surface area (Å²) in [5, 5.41) is 2.68. The van der Waals surface area contributed by atoms with Crippen molar-refractivity contribution in [3.8, 4) is 11.5 Å². The summed E-state index contributed by atoms with van der Waals surface area (Å²) < 4.78 is 12.1. The predicted molar refractivity (Wildman–Crippen MR) is 133 cm³/mol. The summed E-state index contributed by atoms with van der Waals surface area (Å²) in [6, 6.07) is 9.13. The predicted octanol–water partition coefficient (Wildman–Crippen LogP) is 5.08. The smallest absolute Gasteiger partial charge is 0.270 e. The zero-order valence-electron chi connectivity index (χ0n) is 18.6. The highest BCUT2D eigenvalue weighted by Gasteiger charge is 2.35. The van der Waals surface area contributed by atoms with Crippen molar-refractivity contribution in [1.82, 2.24) is 5.32 Å². The van der Waals surface area contributed by atoms with Gasteiger partial charge in [-0.05, 0) is 96.3 Å². The summed E-state index contributed by atoms with van der Waals surface area (Å²) in [5.74, 6) is 0.0396. The number of carbonyl (C=O) groups is 2. The average Bonchev–Trinajstić information content (AvgIpc) is 2.75. The van der Waals surface area contributed by atoms with Gasteiger partial charge in [0.1, 0.15) is 5.57 Å².